The van der Waals surface area contributed by atoms with Crippen LogP contribution in [0.5, 0.6) is 0 Å². The molecule has 0 bridgehead atoms. The molecular weight excluding hydrogens is 326 g/mol. The second kappa shape index (κ2) is 8.15. The largest absolute Gasteiger partial charge is 0.347 e. The monoisotopic (exact) mass is 351 g/mol. The molecule has 2 amide bonds. The molecule has 4 atom stereocenters. The maximum Gasteiger partial charge on any atom is 0.243 e. The van der Waals surface area contributed by atoms with Crippen molar-refractivity contribution in [3.63, 3.8) is 0 Å². The van der Waals surface area contributed by atoms with E-state index in [1.807, 2.05) is 48.5 Å². The fourth-order valence-electron chi connectivity index (χ4n) is 3.43. The molecule has 0 saturated carbocycles. The number of amides is 2. The molecular formula is C21H25N3O2. The van der Waals surface area contributed by atoms with E-state index in [4.69, 9.17) is 5.73 Å². The summed E-state index contributed by atoms with van der Waals surface area (Å²) >= 11 is 0. The molecule has 0 aromatic heterocycles. The zero-order chi connectivity index (χ0) is 18.5. The Hall–Kier alpha value is -2.66. The van der Waals surface area contributed by atoms with Gasteiger partial charge in [0.2, 0.25) is 11.8 Å². The Balaban J connectivity index is 1.89. The first-order chi connectivity index (χ1) is 12.5. The van der Waals surface area contributed by atoms with Crippen molar-refractivity contribution in [1.82, 2.24) is 10.6 Å². The lowest BCUT2D eigenvalue weighted by Crippen LogP contribution is -2.50. The van der Waals surface area contributed by atoms with E-state index >= 15 is 0 Å². The molecule has 136 valence electrons. The molecule has 2 aromatic carbocycles. The third-order valence-corrected chi connectivity index (χ3v) is 4.88. The molecule has 0 spiro atoms. The van der Waals surface area contributed by atoms with Crippen LogP contribution >= 0.6 is 0 Å². The molecule has 0 aliphatic carbocycles. The molecule has 3 rings (SSSR count). The molecule has 1 aliphatic heterocycles. The van der Waals surface area contributed by atoms with Crippen molar-refractivity contribution < 1.29 is 9.59 Å². The van der Waals surface area contributed by atoms with Crippen LogP contribution in [-0.4, -0.2) is 23.9 Å². The van der Waals surface area contributed by atoms with E-state index < -0.39 is 12.1 Å². The van der Waals surface area contributed by atoms with Crippen molar-refractivity contribution in [3.05, 3.63) is 71.8 Å². The molecule has 1 saturated heterocycles. The molecule has 1 heterocycles. The summed E-state index contributed by atoms with van der Waals surface area (Å²) < 4.78 is 0. The Labute approximate surface area is 154 Å². The van der Waals surface area contributed by atoms with Gasteiger partial charge in [-0.3, -0.25) is 9.59 Å². The van der Waals surface area contributed by atoms with E-state index in [1.165, 1.54) is 5.56 Å². The zero-order valence-corrected chi connectivity index (χ0v) is 14.9. The van der Waals surface area contributed by atoms with Crippen LogP contribution in [0.15, 0.2) is 60.7 Å². The summed E-state index contributed by atoms with van der Waals surface area (Å²) in [4.78, 5) is 24.8. The van der Waals surface area contributed by atoms with Crippen LogP contribution < -0.4 is 16.4 Å². The van der Waals surface area contributed by atoms with Gasteiger partial charge in [-0.1, -0.05) is 60.7 Å². The Morgan fingerprint density at radius 3 is 2.19 bits per heavy atom. The van der Waals surface area contributed by atoms with E-state index in [-0.39, 0.29) is 23.8 Å². The number of rotatable bonds is 4. The average Bonchev–Trinajstić information content (AvgIpc) is 2.82. The predicted octanol–water partition coefficient (Wildman–Crippen LogP) is 2.25. The summed E-state index contributed by atoms with van der Waals surface area (Å²) in [5, 5.41) is 5.90. The van der Waals surface area contributed by atoms with Crippen LogP contribution in [0.2, 0.25) is 0 Å². The average molecular weight is 351 g/mol. The van der Waals surface area contributed by atoms with Crippen molar-refractivity contribution in [2.45, 2.75) is 43.8 Å². The van der Waals surface area contributed by atoms with Gasteiger partial charge in [0.25, 0.3) is 0 Å². The number of benzene rings is 2. The summed E-state index contributed by atoms with van der Waals surface area (Å²) in [7, 11) is 0. The minimum absolute atomic E-state index is 0.0916. The predicted molar refractivity (Wildman–Crippen MR) is 101 cm³/mol. The molecule has 0 radical (unpaired) electrons. The van der Waals surface area contributed by atoms with Crippen molar-refractivity contribution in [2.24, 2.45) is 5.73 Å². The Kier molecular flexibility index (Phi) is 5.68. The van der Waals surface area contributed by atoms with Crippen LogP contribution in [0.3, 0.4) is 0 Å². The summed E-state index contributed by atoms with van der Waals surface area (Å²) in [5.41, 5.74) is 7.90. The number of nitrogens with two attached hydrogens (primary N) is 1. The maximum absolute atomic E-state index is 12.8. The SMILES string of the molecule is C[C@H](N)C(=O)N[C@H]1C[C@H](c2ccccc2)C[C@H](c2ccccc2)NC1=O. The van der Waals surface area contributed by atoms with Gasteiger partial charge in [0.15, 0.2) is 0 Å². The van der Waals surface area contributed by atoms with Crippen LogP contribution in [0.25, 0.3) is 0 Å². The molecule has 1 fully saturated rings. The van der Waals surface area contributed by atoms with Gasteiger partial charge in [-0.15, -0.1) is 0 Å². The lowest BCUT2D eigenvalue weighted by molar-refractivity contribution is -0.129. The maximum atomic E-state index is 12.8. The van der Waals surface area contributed by atoms with Gasteiger partial charge in [0, 0.05) is 0 Å². The molecule has 2 aromatic rings. The standard InChI is InChI=1S/C21H25N3O2/c1-14(22)20(25)24-19-13-17(15-8-4-2-5-9-15)12-18(23-21(19)26)16-10-6-3-7-11-16/h2-11,14,17-19H,12-13,22H2,1H3,(H,23,26)(H,24,25)/t14-,17+,18+,19-/m0/s1. The third kappa shape index (κ3) is 4.29. The number of carbonyl (C=O) groups excluding carboxylic acids is 2. The van der Waals surface area contributed by atoms with Gasteiger partial charge in [0.05, 0.1) is 12.1 Å². The fourth-order valence-corrected chi connectivity index (χ4v) is 3.43. The molecule has 4 N–H and O–H groups in total. The summed E-state index contributed by atoms with van der Waals surface area (Å²) in [6.07, 6.45) is 1.34. The second-order valence-corrected chi connectivity index (χ2v) is 6.90. The fraction of sp³-hybridized carbons (Fsp3) is 0.333. The molecule has 5 heteroatoms. The van der Waals surface area contributed by atoms with Gasteiger partial charge >= 0.3 is 0 Å². The number of nitrogens with one attached hydrogen (secondary N) is 2. The lowest BCUT2D eigenvalue weighted by atomic mass is 9.86. The van der Waals surface area contributed by atoms with Gasteiger partial charge < -0.3 is 16.4 Å². The lowest BCUT2D eigenvalue weighted by Gasteiger charge is -2.21. The Morgan fingerprint density at radius 2 is 1.62 bits per heavy atom. The number of hydrogen-bond acceptors (Lipinski definition) is 3. The smallest absolute Gasteiger partial charge is 0.243 e. The normalized spacial score (nSPS) is 24.2. The molecule has 5 nitrogen and oxygen atoms in total. The van der Waals surface area contributed by atoms with Gasteiger partial charge in [-0.05, 0) is 36.8 Å². The first-order valence-electron chi connectivity index (χ1n) is 9.01. The first-order valence-corrected chi connectivity index (χ1v) is 9.01. The second-order valence-electron chi connectivity index (χ2n) is 6.90. The van der Waals surface area contributed by atoms with Gasteiger partial charge in [0.1, 0.15) is 6.04 Å². The van der Waals surface area contributed by atoms with Crippen LogP contribution in [-0.2, 0) is 9.59 Å². The van der Waals surface area contributed by atoms with E-state index in [1.54, 1.807) is 6.92 Å². The highest BCUT2D eigenvalue weighted by Gasteiger charge is 2.33. The highest BCUT2D eigenvalue weighted by atomic mass is 16.2. The van der Waals surface area contributed by atoms with Crippen molar-refractivity contribution in [1.29, 1.82) is 0 Å². The minimum Gasteiger partial charge on any atom is -0.347 e. The topological polar surface area (TPSA) is 84.2 Å². The summed E-state index contributed by atoms with van der Waals surface area (Å²) in [6.45, 7) is 1.62. The van der Waals surface area contributed by atoms with Crippen molar-refractivity contribution >= 4 is 11.8 Å². The van der Waals surface area contributed by atoms with E-state index in [9.17, 15) is 9.59 Å². The Morgan fingerprint density at radius 1 is 1.04 bits per heavy atom. The van der Waals surface area contributed by atoms with Crippen LogP contribution in [0.4, 0.5) is 0 Å². The minimum atomic E-state index is -0.647. The Bertz CT molecular complexity index is 746. The van der Waals surface area contributed by atoms with E-state index in [0.717, 1.165) is 12.0 Å². The highest BCUT2D eigenvalue weighted by Crippen LogP contribution is 2.34. The zero-order valence-electron chi connectivity index (χ0n) is 14.9. The first kappa shape index (κ1) is 18.1. The number of hydrogen-bond donors (Lipinski definition) is 3. The third-order valence-electron chi connectivity index (χ3n) is 4.88. The van der Waals surface area contributed by atoms with Gasteiger partial charge in [-0.2, -0.15) is 0 Å². The molecule has 26 heavy (non-hydrogen) atoms. The van der Waals surface area contributed by atoms with Crippen molar-refractivity contribution in [3.8, 4) is 0 Å². The quantitative estimate of drug-likeness (QED) is 0.790. The summed E-state index contributed by atoms with van der Waals surface area (Å²) in [5.74, 6) is -0.319. The van der Waals surface area contributed by atoms with Crippen LogP contribution in [0, 0.1) is 0 Å². The molecule has 0 unspecified atom stereocenters. The van der Waals surface area contributed by atoms with E-state index in [0.29, 0.717) is 6.42 Å². The molecule has 1 aliphatic rings. The number of carbonyl (C=O) groups is 2. The summed E-state index contributed by atoms with van der Waals surface area (Å²) in [6, 6.07) is 18.8. The highest BCUT2D eigenvalue weighted by molar-refractivity contribution is 5.90. The van der Waals surface area contributed by atoms with Crippen LogP contribution in [0.1, 0.15) is 42.9 Å². The van der Waals surface area contributed by atoms with E-state index in [2.05, 4.69) is 22.8 Å². The van der Waals surface area contributed by atoms with Crippen molar-refractivity contribution in [2.75, 3.05) is 0 Å². The van der Waals surface area contributed by atoms with Gasteiger partial charge in [-0.25, -0.2) is 0 Å².